The van der Waals surface area contributed by atoms with Crippen LogP contribution >= 0.6 is 0 Å². The van der Waals surface area contributed by atoms with Crippen LogP contribution in [-0.4, -0.2) is 32.8 Å². The molecule has 1 N–H and O–H groups in total. The van der Waals surface area contributed by atoms with Gasteiger partial charge in [-0.15, -0.1) is 0 Å². The number of carbonyl (C=O) groups excluding carboxylic acids is 2. The molecule has 2 aromatic carbocycles. The maximum atomic E-state index is 13.1. The van der Waals surface area contributed by atoms with Gasteiger partial charge in [-0.3, -0.25) is 14.6 Å². The third-order valence-corrected chi connectivity index (χ3v) is 5.88. The number of fused-ring (bicyclic) bond motifs is 1. The Morgan fingerprint density at radius 2 is 1.88 bits per heavy atom. The molecular weight excluding hydrogens is 404 g/mol. The zero-order valence-electron chi connectivity index (χ0n) is 17.6. The molecule has 1 saturated heterocycles. The Kier molecular flexibility index (Phi) is 4.98. The van der Waals surface area contributed by atoms with Gasteiger partial charge in [-0.1, -0.05) is 36.4 Å². The summed E-state index contributed by atoms with van der Waals surface area (Å²) in [6, 6.07) is 19.4. The molecule has 2 atom stereocenters. The van der Waals surface area contributed by atoms with E-state index in [2.05, 4.69) is 4.98 Å². The van der Waals surface area contributed by atoms with E-state index in [0.717, 1.165) is 23.3 Å². The van der Waals surface area contributed by atoms with Crippen LogP contribution in [0.15, 0.2) is 78.5 Å². The maximum Gasteiger partial charge on any atom is 0.296 e. The number of amides is 1. The lowest BCUT2D eigenvalue weighted by Gasteiger charge is -2.25. The predicted molar refractivity (Wildman–Crippen MR) is 119 cm³/mol. The number of pyridine rings is 1. The average molecular weight is 426 g/mol. The van der Waals surface area contributed by atoms with E-state index in [-0.39, 0.29) is 24.0 Å². The van der Waals surface area contributed by atoms with E-state index in [1.807, 2.05) is 55.5 Å². The number of hydrogen-bond donors (Lipinski definition) is 1. The molecule has 3 heterocycles. The Balaban J connectivity index is 1.62. The van der Waals surface area contributed by atoms with Crippen LogP contribution < -0.4 is 4.74 Å². The topological polar surface area (TPSA) is 79.7 Å². The van der Waals surface area contributed by atoms with Gasteiger partial charge in [0.1, 0.15) is 17.6 Å². The van der Waals surface area contributed by atoms with Crippen LogP contribution in [0.1, 0.15) is 35.3 Å². The monoisotopic (exact) mass is 426 g/mol. The Labute approximate surface area is 185 Å². The number of Topliss-reactive ketones (excluding diaryl/α,β-unsaturated/α-hetero) is 1. The van der Waals surface area contributed by atoms with Gasteiger partial charge in [-0.2, -0.15) is 0 Å². The van der Waals surface area contributed by atoms with Crippen molar-refractivity contribution in [1.29, 1.82) is 0 Å². The van der Waals surface area contributed by atoms with Gasteiger partial charge in [0, 0.05) is 18.2 Å². The van der Waals surface area contributed by atoms with Gasteiger partial charge >= 0.3 is 0 Å². The minimum Gasteiger partial charge on any atom is -0.507 e. The van der Waals surface area contributed by atoms with Gasteiger partial charge in [0.25, 0.3) is 11.7 Å². The number of aromatic nitrogens is 1. The summed E-state index contributed by atoms with van der Waals surface area (Å²) in [5.41, 5.74) is 2.98. The lowest BCUT2D eigenvalue weighted by atomic mass is 9.94. The van der Waals surface area contributed by atoms with Crippen molar-refractivity contribution in [2.45, 2.75) is 32.0 Å². The average Bonchev–Trinajstić information content (AvgIpc) is 3.31. The first kappa shape index (κ1) is 20.0. The standard InChI is InChI=1S/C26H22N2O4/c1-16-13-19-14-18(10-11-21(19)32-16)24(29)22-23(17-7-3-2-4-8-17)28(26(31)25(22)30)15-20-9-5-6-12-27-20/h2-12,14,16,23,29H,13,15H2,1H3/b24-22-. The number of nitrogens with zero attached hydrogens (tertiary/aromatic N) is 2. The maximum absolute atomic E-state index is 13.1. The Morgan fingerprint density at radius 3 is 2.62 bits per heavy atom. The first-order valence-electron chi connectivity index (χ1n) is 10.6. The van der Waals surface area contributed by atoms with Gasteiger partial charge in [0.05, 0.1) is 23.9 Å². The van der Waals surface area contributed by atoms with Crippen molar-refractivity contribution in [2.24, 2.45) is 0 Å². The highest BCUT2D eigenvalue weighted by atomic mass is 16.5. The van der Waals surface area contributed by atoms with Crippen molar-refractivity contribution in [3.05, 3.63) is 101 Å². The first-order valence-corrected chi connectivity index (χ1v) is 10.6. The summed E-state index contributed by atoms with van der Waals surface area (Å²) >= 11 is 0. The molecule has 1 amide bonds. The number of ether oxygens (including phenoxy) is 1. The molecule has 2 aliphatic heterocycles. The van der Waals surface area contributed by atoms with E-state index in [1.54, 1.807) is 24.4 Å². The van der Waals surface area contributed by atoms with E-state index in [4.69, 9.17) is 4.74 Å². The molecule has 32 heavy (non-hydrogen) atoms. The highest BCUT2D eigenvalue weighted by Gasteiger charge is 2.46. The van der Waals surface area contributed by atoms with Gasteiger partial charge in [-0.05, 0) is 48.4 Å². The predicted octanol–water partition coefficient (Wildman–Crippen LogP) is 4.03. The highest BCUT2D eigenvalue weighted by Crippen LogP contribution is 2.41. The number of hydrogen-bond acceptors (Lipinski definition) is 5. The Bertz CT molecular complexity index is 1220. The Hall–Kier alpha value is -3.93. The SMILES string of the molecule is CC1Cc2cc(/C(O)=C3/C(=O)C(=O)N(Cc4ccccn4)C3c3ccccc3)ccc2O1. The fourth-order valence-electron chi connectivity index (χ4n) is 4.42. The molecular formula is C26H22N2O4. The van der Waals surface area contributed by atoms with Crippen LogP contribution in [0.4, 0.5) is 0 Å². The lowest BCUT2D eigenvalue weighted by molar-refractivity contribution is -0.140. The second-order valence-corrected chi connectivity index (χ2v) is 8.11. The summed E-state index contributed by atoms with van der Waals surface area (Å²) in [6.07, 6.45) is 2.44. The van der Waals surface area contributed by atoms with Crippen LogP contribution in [0, 0.1) is 0 Å². The lowest BCUT2D eigenvalue weighted by Crippen LogP contribution is -2.29. The fraction of sp³-hybridized carbons (Fsp3) is 0.192. The molecule has 0 spiro atoms. The van der Waals surface area contributed by atoms with Crippen LogP contribution in [0.2, 0.25) is 0 Å². The number of aliphatic hydroxyl groups is 1. The van der Waals surface area contributed by atoms with Crippen molar-refractivity contribution in [2.75, 3.05) is 0 Å². The molecule has 2 aliphatic rings. The largest absolute Gasteiger partial charge is 0.507 e. The van der Waals surface area contributed by atoms with Gasteiger partial charge in [0.2, 0.25) is 0 Å². The second kappa shape index (κ2) is 7.96. The van der Waals surface area contributed by atoms with Crippen LogP contribution in [0.25, 0.3) is 5.76 Å². The molecule has 1 fully saturated rings. The van der Waals surface area contributed by atoms with E-state index in [0.29, 0.717) is 11.3 Å². The summed E-state index contributed by atoms with van der Waals surface area (Å²) < 4.78 is 5.75. The summed E-state index contributed by atoms with van der Waals surface area (Å²) in [5.74, 6) is -0.742. The molecule has 6 heteroatoms. The zero-order chi connectivity index (χ0) is 22.2. The molecule has 6 nitrogen and oxygen atoms in total. The molecule has 0 saturated carbocycles. The second-order valence-electron chi connectivity index (χ2n) is 8.11. The molecule has 0 bridgehead atoms. The summed E-state index contributed by atoms with van der Waals surface area (Å²) in [4.78, 5) is 32.0. The third-order valence-electron chi connectivity index (χ3n) is 5.88. The zero-order valence-corrected chi connectivity index (χ0v) is 17.6. The molecule has 5 rings (SSSR count). The van der Waals surface area contributed by atoms with Crippen molar-refractivity contribution in [1.82, 2.24) is 9.88 Å². The molecule has 160 valence electrons. The normalized spacial score (nSPS) is 21.5. The van der Waals surface area contributed by atoms with Gasteiger partial charge in [-0.25, -0.2) is 0 Å². The van der Waals surface area contributed by atoms with E-state index < -0.39 is 17.7 Å². The molecule has 1 aromatic heterocycles. The Morgan fingerprint density at radius 1 is 1.09 bits per heavy atom. The number of carbonyl (C=O) groups is 2. The van der Waals surface area contributed by atoms with Crippen molar-refractivity contribution < 1.29 is 19.4 Å². The van der Waals surface area contributed by atoms with Gasteiger partial charge < -0.3 is 14.7 Å². The quantitative estimate of drug-likeness (QED) is 0.387. The number of rotatable bonds is 4. The molecule has 0 aliphatic carbocycles. The third kappa shape index (κ3) is 3.43. The van der Waals surface area contributed by atoms with E-state index >= 15 is 0 Å². The first-order chi connectivity index (χ1) is 15.5. The summed E-state index contributed by atoms with van der Waals surface area (Å²) in [7, 11) is 0. The van der Waals surface area contributed by atoms with Gasteiger partial charge in [0.15, 0.2) is 0 Å². The minimum absolute atomic E-state index is 0.0654. The van der Waals surface area contributed by atoms with E-state index in [1.165, 1.54) is 4.90 Å². The minimum atomic E-state index is -0.707. The van der Waals surface area contributed by atoms with Crippen LogP contribution in [0.5, 0.6) is 5.75 Å². The number of aliphatic hydroxyl groups excluding tert-OH is 1. The van der Waals surface area contributed by atoms with Crippen LogP contribution in [0.3, 0.4) is 0 Å². The molecule has 3 aromatic rings. The van der Waals surface area contributed by atoms with E-state index in [9.17, 15) is 14.7 Å². The number of ketones is 1. The molecule has 0 radical (unpaired) electrons. The van der Waals surface area contributed by atoms with Crippen molar-refractivity contribution in [3.8, 4) is 5.75 Å². The smallest absolute Gasteiger partial charge is 0.296 e. The highest BCUT2D eigenvalue weighted by molar-refractivity contribution is 6.46. The van der Waals surface area contributed by atoms with Crippen LogP contribution in [-0.2, 0) is 22.6 Å². The summed E-state index contributed by atoms with van der Waals surface area (Å²) in [6.45, 7) is 2.15. The van der Waals surface area contributed by atoms with Crippen molar-refractivity contribution in [3.63, 3.8) is 0 Å². The molecule has 2 unspecified atom stereocenters. The number of likely N-dealkylation sites (tertiary alicyclic amines) is 1. The summed E-state index contributed by atoms with van der Waals surface area (Å²) in [5, 5.41) is 11.2. The fourth-order valence-corrected chi connectivity index (χ4v) is 4.42. The van der Waals surface area contributed by atoms with Crippen molar-refractivity contribution >= 4 is 17.4 Å². The number of benzene rings is 2.